The first-order valence-corrected chi connectivity index (χ1v) is 20.6. The highest BCUT2D eigenvalue weighted by atomic mass is 79.9. The van der Waals surface area contributed by atoms with Crippen molar-refractivity contribution in [1.82, 2.24) is 4.90 Å². The zero-order valence-electron chi connectivity index (χ0n) is 27.6. The third kappa shape index (κ3) is 5.53. The summed E-state index contributed by atoms with van der Waals surface area (Å²) in [6.45, 7) is 6.94. The van der Waals surface area contributed by atoms with Crippen LogP contribution in [0.15, 0.2) is 71.2 Å². The van der Waals surface area contributed by atoms with Crippen molar-refractivity contribution < 1.29 is 29.0 Å². The Balaban J connectivity index is 1.20. The van der Waals surface area contributed by atoms with Gasteiger partial charge in [-0.05, 0) is 73.0 Å². The van der Waals surface area contributed by atoms with Gasteiger partial charge in [-0.2, -0.15) is 0 Å². The minimum absolute atomic E-state index is 0.000285. The third-order valence-electron chi connectivity index (χ3n) is 10.9. The van der Waals surface area contributed by atoms with Crippen LogP contribution in [0.4, 0.5) is 11.4 Å². The molecular weight excluding hydrogens is 690 g/mol. The Bertz CT molecular complexity index is 1760. The van der Waals surface area contributed by atoms with Crippen molar-refractivity contribution >= 4 is 53.3 Å². The SMILES string of the molecule is C[C@H]1[C@H]([Si](C)(C)O)[C@@H](CC(=O)N2Cc3ccccc3C[C@H]2CO)O[C@]12C(=O)N(Cc1ccc(N3CCCC3=O)cc1)c1ccc(Br)cc12. The fourth-order valence-electron chi connectivity index (χ4n) is 8.62. The number of hydrogen-bond acceptors (Lipinski definition) is 6. The minimum atomic E-state index is -2.99. The highest BCUT2D eigenvalue weighted by Crippen LogP contribution is 2.60. The summed E-state index contributed by atoms with van der Waals surface area (Å²) in [5, 5.41) is 10.3. The first kappa shape index (κ1) is 33.2. The largest absolute Gasteiger partial charge is 0.432 e. The van der Waals surface area contributed by atoms with Crippen LogP contribution in [0.5, 0.6) is 0 Å². The van der Waals surface area contributed by atoms with Crippen molar-refractivity contribution in [2.75, 3.05) is 23.0 Å². The number of fused-ring (bicyclic) bond motifs is 3. The Labute approximate surface area is 290 Å². The van der Waals surface area contributed by atoms with Crippen molar-refractivity contribution in [2.45, 2.75) is 82.1 Å². The number of ether oxygens (including phenoxy) is 1. The zero-order valence-corrected chi connectivity index (χ0v) is 30.2. The molecule has 9 nitrogen and oxygen atoms in total. The Morgan fingerprint density at radius 2 is 1.79 bits per heavy atom. The number of benzene rings is 3. The van der Waals surface area contributed by atoms with Gasteiger partial charge in [0.15, 0.2) is 13.9 Å². The molecular formula is C37H42BrN3O6Si. The first-order valence-electron chi connectivity index (χ1n) is 16.8. The van der Waals surface area contributed by atoms with Crippen LogP contribution in [0.1, 0.15) is 48.4 Å². The van der Waals surface area contributed by atoms with Crippen LogP contribution >= 0.6 is 15.9 Å². The predicted molar refractivity (Wildman–Crippen MR) is 189 cm³/mol. The smallest absolute Gasteiger partial charge is 0.264 e. The van der Waals surface area contributed by atoms with Gasteiger partial charge in [0.1, 0.15) is 0 Å². The summed E-state index contributed by atoms with van der Waals surface area (Å²) in [4.78, 5) is 58.2. The number of rotatable bonds is 7. The summed E-state index contributed by atoms with van der Waals surface area (Å²) < 4.78 is 7.74. The van der Waals surface area contributed by atoms with E-state index in [1.165, 1.54) is 0 Å². The van der Waals surface area contributed by atoms with E-state index >= 15 is 0 Å². The van der Waals surface area contributed by atoms with Gasteiger partial charge in [0.2, 0.25) is 11.8 Å². The Morgan fingerprint density at radius 3 is 2.46 bits per heavy atom. The monoisotopic (exact) mass is 731 g/mol. The maximum absolute atomic E-state index is 14.8. The number of aliphatic hydroxyl groups is 1. The summed E-state index contributed by atoms with van der Waals surface area (Å²) in [5.74, 6) is -0.650. The fourth-order valence-corrected chi connectivity index (χ4v) is 11.5. The molecule has 1 spiro atoms. The number of nitrogens with zero attached hydrogens (tertiary/aromatic N) is 3. The van der Waals surface area contributed by atoms with Gasteiger partial charge >= 0.3 is 0 Å². The first-order chi connectivity index (χ1) is 22.9. The molecule has 2 fully saturated rings. The molecule has 48 heavy (non-hydrogen) atoms. The minimum Gasteiger partial charge on any atom is -0.432 e. The van der Waals surface area contributed by atoms with E-state index in [1.54, 1.807) is 14.7 Å². The van der Waals surface area contributed by atoms with Gasteiger partial charge in [-0.3, -0.25) is 14.4 Å². The summed E-state index contributed by atoms with van der Waals surface area (Å²) in [7, 11) is -2.99. The quantitative estimate of drug-likeness (QED) is 0.321. The number of carbonyl (C=O) groups is 3. The second kappa shape index (κ2) is 12.5. The van der Waals surface area contributed by atoms with Crippen LogP contribution < -0.4 is 9.80 Å². The molecule has 3 aromatic carbocycles. The van der Waals surface area contributed by atoms with Gasteiger partial charge in [-0.1, -0.05) is 59.3 Å². The number of aliphatic hydroxyl groups excluding tert-OH is 1. The number of carbonyl (C=O) groups excluding carboxylic acids is 3. The number of anilines is 2. The van der Waals surface area contributed by atoms with Crippen molar-refractivity contribution in [3.63, 3.8) is 0 Å². The summed E-state index contributed by atoms with van der Waals surface area (Å²) in [6.07, 6.45) is 1.29. The predicted octanol–water partition coefficient (Wildman–Crippen LogP) is 5.26. The van der Waals surface area contributed by atoms with Gasteiger partial charge in [0.25, 0.3) is 5.91 Å². The van der Waals surface area contributed by atoms with E-state index in [9.17, 15) is 24.3 Å². The van der Waals surface area contributed by atoms with Gasteiger partial charge < -0.3 is 29.3 Å². The molecule has 4 heterocycles. The second-order valence-corrected chi connectivity index (χ2v) is 19.2. The van der Waals surface area contributed by atoms with Crippen molar-refractivity contribution in [3.8, 4) is 0 Å². The molecule has 4 aliphatic heterocycles. The Hall–Kier alpha value is -3.35. The Morgan fingerprint density at radius 1 is 1.06 bits per heavy atom. The number of hydrogen-bond donors (Lipinski definition) is 2. The Kier molecular flexibility index (Phi) is 8.64. The van der Waals surface area contributed by atoms with Crippen molar-refractivity contribution in [2.24, 2.45) is 5.92 Å². The van der Waals surface area contributed by atoms with Crippen LogP contribution in [0.2, 0.25) is 18.6 Å². The standard InChI is InChI=1S/C37H42BrN3O6Si/c1-23-35(48(2,3)46)32(19-34(44)40-21-26-8-5-4-7-25(26)17-29(40)22-42)47-37(23)30-18-27(38)12-15-31(30)41(36(37)45)20-24-10-13-28(14-11-24)39-16-6-9-33(39)43/h4-5,7-8,10-15,18,23,29,32,35,42,46H,6,9,16-17,19-22H2,1-3H3/t23-,29-,32+,35-,37+/m0/s1. The van der Waals surface area contributed by atoms with E-state index in [0.717, 1.165) is 44.5 Å². The molecule has 2 N–H and O–H groups in total. The van der Waals surface area contributed by atoms with Crippen LogP contribution in [0.3, 0.4) is 0 Å². The summed E-state index contributed by atoms with van der Waals surface area (Å²) >= 11 is 3.61. The lowest BCUT2D eigenvalue weighted by Crippen LogP contribution is -2.48. The van der Waals surface area contributed by atoms with Gasteiger partial charge in [0, 0.05) is 46.7 Å². The van der Waals surface area contributed by atoms with E-state index in [-0.39, 0.29) is 36.8 Å². The van der Waals surface area contributed by atoms with Crippen LogP contribution in [0.25, 0.3) is 0 Å². The molecule has 4 aliphatic rings. The maximum atomic E-state index is 14.8. The van der Waals surface area contributed by atoms with Crippen LogP contribution in [-0.2, 0) is 44.2 Å². The van der Waals surface area contributed by atoms with Gasteiger partial charge in [0.05, 0.1) is 37.4 Å². The lowest BCUT2D eigenvalue weighted by molar-refractivity contribution is -0.151. The molecule has 0 unspecified atom stereocenters. The zero-order chi connectivity index (χ0) is 34.0. The molecule has 0 aromatic heterocycles. The van der Waals surface area contributed by atoms with Gasteiger partial charge in [-0.15, -0.1) is 0 Å². The molecule has 3 amide bonds. The summed E-state index contributed by atoms with van der Waals surface area (Å²) in [5.41, 5.74) is 3.64. The molecule has 0 aliphatic carbocycles. The molecule has 5 atom stereocenters. The molecule has 0 saturated carbocycles. The highest BCUT2D eigenvalue weighted by Gasteiger charge is 2.66. The van der Waals surface area contributed by atoms with E-state index in [2.05, 4.69) is 15.9 Å². The third-order valence-corrected chi connectivity index (χ3v) is 13.9. The molecule has 252 valence electrons. The van der Waals surface area contributed by atoms with Crippen molar-refractivity contribution in [3.05, 3.63) is 93.5 Å². The molecule has 2 saturated heterocycles. The molecule has 3 aromatic rings. The van der Waals surface area contributed by atoms with E-state index in [4.69, 9.17) is 4.74 Å². The molecule has 0 bridgehead atoms. The van der Waals surface area contributed by atoms with E-state index in [1.807, 2.05) is 86.7 Å². The highest BCUT2D eigenvalue weighted by molar-refractivity contribution is 9.10. The lowest BCUT2D eigenvalue weighted by atomic mass is 9.82. The summed E-state index contributed by atoms with van der Waals surface area (Å²) in [6, 6.07) is 21.2. The van der Waals surface area contributed by atoms with E-state index < -0.39 is 31.5 Å². The normalized spacial score (nSPS) is 26.8. The van der Waals surface area contributed by atoms with E-state index in [0.29, 0.717) is 32.5 Å². The maximum Gasteiger partial charge on any atom is 0.264 e. The number of halogens is 1. The average Bonchev–Trinajstić information content (AvgIpc) is 3.69. The van der Waals surface area contributed by atoms with Gasteiger partial charge in [-0.25, -0.2) is 0 Å². The fraction of sp³-hybridized carbons (Fsp3) is 0.432. The van der Waals surface area contributed by atoms with Crippen LogP contribution in [-0.4, -0.2) is 66.1 Å². The average molecular weight is 733 g/mol. The second-order valence-electron chi connectivity index (χ2n) is 14.3. The van der Waals surface area contributed by atoms with Crippen molar-refractivity contribution in [1.29, 1.82) is 0 Å². The molecule has 7 rings (SSSR count). The lowest BCUT2D eigenvalue weighted by Gasteiger charge is -2.37. The number of amides is 3. The molecule has 0 radical (unpaired) electrons. The van der Waals surface area contributed by atoms with Crippen LogP contribution in [0, 0.1) is 5.92 Å². The molecule has 11 heteroatoms. The topological polar surface area (TPSA) is 111 Å².